The summed E-state index contributed by atoms with van der Waals surface area (Å²) in [6.07, 6.45) is 5.02. The van der Waals surface area contributed by atoms with Crippen molar-refractivity contribution in [3.63, 3.8) is 0 Å². The summed E-state index contributed by atoms with van der Waals surface area (Å²) in [6, 6.07) is 13.0. The predicted molar refractivity (Wildman–Crippen MR) is 146 cm³/mol. The molecule has 3 aliphatic rings. The van der Waals surface area contributed by atoms with E-state index in [-0.39, 0.29) is 23.6 Å². The molecule has 1 saturated heterocycles. The Labute approximate surface area is 227 Å². The number of aliphatic imine (C=N–C) groups is 1. The molecule has 1 spiro atoms. The van der Waals surface area contributed by atoms with Gasteiger partial charge < -0.3 is 14.4 Å². The molecule has 2 aromatic rings. The lowest BCUT2D eigenvalue weighted by molar-refractivity contribution is -0.140. The number of methoxy groups -OCH3 is 2. The normalized spacial score (nSPS) is 21.5. The summed E-state index contributed by atoms with van der Waals surface area (Å²) < 4.78 is 10.3. The van der Waals surface area contributed by atoms with E-state index in [9.17, 15) is 14.4 Å². The predicted octanol–water partition coefficient (Wildman–Crippen LogP) is 3.35. The monoisotopic (exact) mass is 528 g/mol. The van der Waals surface area contributed by atoms with Crippen molar-refractivity contribution < 1.29 is 23.9 Å². The van der Waals surface area contributed by atoms with E-state index < -0.39 is 23.4 Å². The van der Waals surface area contributed by atoms with E-state index in [0.29, 0.717) is 31.8 Å². The first-order chi connectivity index (χ1) is 18.8. The van der Waals surface area contributed by atoms with Gasteiger partial charge in [0.1, 0.15) is 5.84 Å². The molecule has 202 valence electrons. The second kappa shape index (κ2) is 10.5. The largest absolute Gasteiger partial charge is 0.466 e. The zero-order chi connectivity index (χ0) is 27.7. The molecule has 39 heavy (non-hydrogen) atoms. The second-order valence-electron chi connectivity index (χ2n) is 10.1. The lowest BCUT2D eigenvalue weighted by atomic mass is 9.65. The number of fused-ring (bicyclic) bond motifs is 1. The van der Waals surface area contributed by atoms with Crippen molar-refractivity contribution in [2.24, 2.45) is 4.99 Å². The van der Waals surface area contributed by atoms with Crippen LogP contribution in [0.3, 0.4) is 0 Å². The van der Waals surface area contributed by atoms with Crippen LogP contribution >= 0.6 is 0 Å². The number of piperidine rings is 1. The first-order valence-corrected chi connectivity index (χ1v) is 13.0. The van der Waals surface area contributed by atoms with Crippen LogP contribution in [0.1, 0.15) is 37.9 Å². The fraction of sp³-hybridized carbons (Fsp3) is 0.367. The molecule has 0 bridgehead atoms. The fourth-order valence-electron chi connectivity index (χ4n) is 5.99. The fourth-order valence-corrected chi connectivity index (χ4v) is 5.99. The van der Waals surface area contributed by atoms with Crippen molar-refractivity contribution in [1.29, 1.82) is 0 Å². The summed E-state index contributed by atoms with van der Waals surface area (Å²) >= 11 is 0. The maximum absolute atomic E-state index is 13.5. The SMILES string of the molecule is COC(=O)C1=C(C(=O)OC)C2N(CC=C(C)C)c3ccccc3C23CCC(=O)N(CCc2ccccn2)C3=N1. The number of benzene rings is 1. The highest BCUT2D eigenvalue weighted by molar-refractivity contribution is 6.15. The number of likely N-dealkylation sites (tertiary alicyclic amines) is 1. The highest BCUT2D eigenvalue weighted by Crippen LogP contribution is 2.55. The van der Waals surface area contributed by atoms with Gasteiger partial charge in [0.2, 0.25) is 5.91 Å². The van der Waals surface area contributed by atoms with Crippen LogP contribution in [0.15, 0.2) is 76.6 Å². The minimum Gasteiger partial charge on any atom is -0.466 e. The van der Waals surface area contributed by atoms with Crippen LogP contribution in [0.25, 0.3) is 0 Å². The number of anilines is 1. The topological polar surface area (TPSA) is 101 Å². The van der Waals surface area contributed by atoms with Gasteiger partial charge in [-0.05, 0) is 44.0 Å². The Hall–Kier alpha value is -4.27. The van der Waals surface area contributed by atoms with Gasteiger partial charge in [-0.25, -0.2) is 14.6 Å². The van der Waals surface area contributed by atoms with E-state index in [2.05, 4.69) is 16.0 Å². The van der Waals surface area contributed by atoms with Gasteiger partial charge >= 0.3 is 11.9 Å². The Balaban J connectivity index is 1.75. The number of aromatic nitrogens is 1. The van der Waals surface area contributed by atoms with Gasteiger partial charge in [0.25, 0.3) is 0 Å². The third-order valence-corrected chi connectivity index (χ3v) is 7.71. The van der Waals surface area contributed by atoms with Crippen molar-refractivity contribution in [3.8, 4) is 0 Å². The molecule has 0 aliphatic carbocycles. The van der Waals surface area contributed by atoms with Crippen LogP contribution < -0.4 is 4.90 Å². The van der Waals surface area contributed by atoms with Crippen molar-refractivity contribution in [1.82, 2.24) is 9.88 Å². The summed E-state index contributed by atoms with van der Waals surface area (Å²) in [5.74, 6) is -1.02. The number of hydrogen-bond donors (Lipinski definition) is 0. The van der Waals surface area contributed by atoms with Crippen molar-refractivity contribution >= 4 is 29.4 Å². The Morgan fingerprint density at radius 1 is 1.08 bits per heavy atom. The number of allylic oxidation sites excluding steroid dienone is 1. The Bertz CT molecular complexity index is 1410. The molecular formula is C30H32N4O5. The van der Waals surface area contributed by atoms with E-state index in [4.69, 9.17) is 14.5 Å². The second-order valence-corrected chi connectivity index (χ2v) is 10.1. The van der Waals surface area contributed by atoms with Gasteiger partial charge in [0.15, 0.2) is 5.70 Å². The van der Waals surface area contributed by atoms with Gasteiger partial charge in [-0.2, -0.15) is 0 Å². The van der Waals surface area contributed by atoms with Crippen LogP contribution in [-0.4, -0.2) is 66.9 Å². The molecule has 0 N–H and O–H groups in total. The van der Waals surface area contributed by atoms with Gasteiger partial charge in [0.05, 0.1) is 31.2 Å². The Morgan fingerprint density at radius 2 is 1.82 bits per heavy atom. The smallest absolute Gasteiger partial charge is 0.357 e. The molecule has 1 aromatic heterocycles. The number of amides is 1. The highest BCUT2D eigenvalue weighted by atomic mass is 16.5. The summed E-state index contributed by atoms with van der Waals surface area (Å²) in [6.45, 7) is 4.86. The number of amidine groups is 1. The maximum atomic E-state index is 13.5. The van der Waals surface area contributed by atoms with Crippen molar-refractivity contribution in [2.75, 3.05) is 32.2 Å². The van der Waals surface area contributed by atoms with Gasteiger partial charge in [-0.1, -0.05) is 35.9 Å². The lowest BCUT2D eigenvalue weighted by Crippen LogP contribution is -2.63. The molecule has 1 aromatic carbocycles. The standard InChI is InChI=1S/C30H32N4O5/c1-19(2)13-17-33-22-11-6-5-10-21(22)30-15-12-23(35)34(18-14-20-9-7-8-16-31-20)29(30)32-25(28(37)39-4)24(26(30)33)27(36)38-3/h5-11,13,16,26H,12,14-15,17-18H2,1-4H3. The summed E-state index contributed by atoms with van der Waals surface area (Å²) in [4.78, 5) is 53.0. The first-order valence-electron chi connectivity index (χ1n) is 13.0. The molecule has 9 nitrogen and oxygen atoms in total. The van der Waals surface area contributed by atoms with Gasteiger partial charge in [-0.15, -0.1) is 0 Å². The van der Waals surface area contributed by atoms with Crippen LogP contribution in [-0.2, 0) is 35.7 Å². The van der Waals surface area contributed by atoms with Crippen LogP contribution in [0, 0.1) is 0 Å². The summed E-state index contributed by atoms with van der Waals surface area (Å²) in [5.41, 5.74) is 3.03. The summed E-state index contributed by atoms with van der Waals surface area (Å²) in [7, 11) is 2.55. The third-order valence-electron chi connectivity index (χ3n) is 7.71. The minimum atomic E-state index is -0.842. The van der Waals surface area contributed by atoms with Crippen LogP contribution in [0.5, 0.6) is 0 Å². The molecule has 0 saturated carbocycles. The Morgan fingerprint density at radius 3 is 2.51 bits per heavy atom. The van der Waals surface area contributed by atoms with Crippen LogP contribution in [0.2, 0.25) is 0 Å². The lowest BCUT2D eigenvalue weighted by Gasteiger charge is -2.48. The number of pyridine rings is 1. The molecule has 0 radical (unpaired) electrons. The quantitative estimate of drug-likeness (QED) is 0.401. The zero-order valence-electron chi connectivity index (χ0n) is 22.6. The number of para-hydroxylation sites is 1. The van der Waals surface area contributed by atoms with Crippen molar-refractivity contribution in [3.05, 3.63) is 82.8 Å². The molecule has 5 rings (SSSR count). The molecule has 2 atom stereocenters. The van der Waals surface area contributed by atoms with Crippen LogP contribution in [0.4, 0.5) is 5.69 Å². The maximum Gasteiger partial charge on any atom is 0.357 e. The average molecular weight is 529 g/mol. The minimum absolute atomic E-state index is 0.0833. The van der Waals surface area contributed by atoms with E-state index >= 15 is 0 Å². The third kappa shape index (κ3) is 4.31. The number of hydrogen-bond acceptors (Lipinski definition) is 8. The molecule has 9 heteroatoms. The highest BCUT2D eigenvalue weighted by Gasteiger charge is 2.63. The molecule has 3 aliphatic heterocycles. The number of rotatable bonds is 7. The number of carbonyl (C=O) groups excluding carboxylic acids is 3. The summed E-state index contributed by atoms with van der Waals surface area (Å²) in [5, 5.41) is 0. The number of ether oxygens (including phenoxy) is 2. The van der Waals surface area contributed by atoms with E-state index in [1.807, 2.05) is 56.3 Å². The molecule has 1 fully saturated rings. The average Bonchev–Trinajstić information content (AvgIpc) is 3.24. The molecule has 4 heterocycles. The Kier molecular flexibility index (Phi) is 7.08. The molecule has 2 unspecified atom stereocenters. The van der Waals surface area contributed by atoms with E-state index in [1.165, 1.54) is 14.2 Å². The van der Waals surface area contributed by atoms with Gasteiger partial charge in [-0.3, -0.25) is 14.7 Å². The first kappa shape index (κ1) is 26.3. The molecule has 1 amide bonds. The van der Waals surface area contributed by atoms with E-state index in [0.717, 1.165) is 22.5 Å². The number of esters is 2. The van der Waals surface area contributed by atoms with Crippen molar-refractivity contribution in [2.45, 2.75) is 44.6 Å². The van der Waals surface area contributed by atoms with Gasteiger partial charge in [0, 0.05) is 43.5 Å². The van der Waals surface area contributed by atoms with E-state index in [1.54, 1.807) is 11.1 Å². The molecular weight excluding hydrogens is 496 g/mol. The number of nitrogens with zero attached hydrogens (tertiary/aromatic N) is 4. The number of carbonyl (C=O) groups is 3. The zero-order valence-corrected chi connectivity index (χ0v) is 22.6.